The van der Waals surface area contributed by atoms with Gasteiger partial charge in [-0.25, -0.2) is 9.07 Å². The van der Waals surface area contributed by atoms with Crippen LogP contribution in [0.15, 0.2) is 30.3 Å². The van der Waals surface area contributed by atoms with Gasteiger partial charge in [-0.3, -0.25) is 0 Å². The molecule has 0 fully saturated rings. The normalized spacial score (nSPS) is 10.8. The minimum Gasteiger partial charge on any atom is -0.493 e. The Hall–Kier alpha value is -2.58. The SMILES string of the molecule is CCCCn1nnnc1NCc1cc(OC)c(OCc2ccc(F)cc2Cl)cc1Cl. The Morgan fingerprint density at radius 2 is 1.90 bits per heavy atom. The van der Waals surface area contributed by atoms with E-state index >= 15 is 0 Å². The topological polar surface area (TPSA) is 74.1 Å². The van der Waals surface area contributed by atoms with Crippen LogP contribution in [0.1, 0.15) is 30.9 Å². The molecule has 0 amide bonds. The summed E-state index contributed by atoms with van der Waals surface area (Å²) in [4.78, 5) is 0. The molecule has 160 valence electrons. The third kappa shape index (κ3) is 5.52. The van der Waals surface area contributed by atoms with Gasteiger partial charge in [0.05, 0.1) is 12.1 Å². The van der Waals surface area contributed by atoms with Crippen LogP contribution in [0.3, 0.4) is 0 Å². The summed E-state index contributed by atoms with van der Waals surface area (Å²) in [5.74, 6) is 1.14. The van der Waals surface area contributed by atoms with Gasteiger partial charge in [0.1, 0.15) is 12.4 Å². The number of nitrogens with one attached hydrogen (secondary N) is 1. The third-order valence-corrected chi connectivity index (χ3v) is 5.13. The molecule has 0 spiro atoms. The lowest BCUT2D eigenvalue weighted by Gasteiger charge is -2.15. The lowest BCUT2D eigenvalue weighted by molar-refractivity contribution is 0.284. The average molecular weight is 454 g/mol. The van der Waals surface area contributed by atoms with E-state index in [9.17, 15) is 4.39 Å². The highest BCUT2D eigenvalue weighted by Gasteiger charge is 2.13. The summed E-state index contributed by atoms with van der Waals surface area (Å²) in [6, 6.07) is 7.61. The van der Waals surface area contributed by atoms with Crippen molar-refractivity contribution in [2.75, 3.05) is 12.4 Å². The molecule has 1 aromatic heterocycles. The van der Waals surface area contributed by atoms with Crippen molar-refractivity contribution in [3.63, 3.8) is 0 Å². The van der Waals surface area contributed by atoms with Gasteiger partial charge in [-0.2, -0.15) is 0 Å². The highest BCUT2D eigenvalue weighted by Crippen LogP contribution is 2.34. The van der Waals surface area contributed by atoms with Crippen LogP contribution in [-0.2, 0) is 19.7 Å². The second kappa shape index (κ2) is 10.4. The first kappa shape index (κ1) is 22.1. The molecule has 3 rings (SSSR count). The molecule has 0 bridgehead atoms. The van der Waals surface area contributed by atoms with E-state index in [2.05, 4.69) is 27.8 Å². The monoisotopic (exact) mass is 453 g/mol. The molecule has 0 atom stereocenters. The maximum Gasteiger partial charge on any atom is 0.243 e. The molecule has 0 saturated carbocycles. The van der Waals surface area contributed by atoms with Gasteiger partial charge in [-0.15, -0.1) is 0 Å². The van der Waals surface area contributed by atoms with E-state index in [0.717, 1.165) is 24.9 Å². The summed E-state index contributed by atoms with van der Waals surface area (Å²) in [6.07, 6.45) is 2.03. The van der Waals surface area contributed by atoms with Crippen LogP contribution in [0.5, 0.6) is 11.5 Å². The van der Waals surface area contributed by atoms with E-state index in [0.29, 0.717) is 39.6 Å². The summed E-state index contributed by atoms with van der Waals surface area (Å²) in [5.41, 5.74) is 1.45. The molecule has 0 radical (unpaired) electrons. The average Bonchev–Trinajstić information content (AvgIpc) is 3.18. The van der Waals surface area contributed by atoms with Crippen molar-refractivity contribution >= 4 is 29.2 Å². The molecule has 7 nitrogen and oxygen atoms in total. The number of hydrogen-bond donors (Lipinski definition) is 1. The Morgan fingerprint density at radius 1 is 1.10 bits per heavy atom. The Bertz CT molecular complexity index is 999. The summed E-state index contributed by atoms with van der Waals surface area (Å²) < 4.78 is 26.2. The quantitative estimate of drug-likeness (QED) is 0.459. The van der Waals surface area contributed by atoms with Crippen LogP contribution < -0.4 is 14.8 Å². The van der Waals surface area contributed by atoms with Crippen LogP contribution in [0, 0.1) is 5.82 Å². The summed E-state index contributed by atoms with van der Waals surface area (Å²) in [6.45, 7) is 3.40. The number of methoxy groups -OCH3 is 1. The van der Waals surface area contributed by atoms with E-state index in [1.165, 1.54) is 12.1 Å². The molecular weight excluding hydrogens is 432 g/mol. The van der Waals surface area contributed by atoms with Gasteiger partial charge < -0.3 is 14.8 Å². The molecule has 1 N–H and O–H groups in total. The predicted molar refractivity (Wildman–Crippen MR) is 114 cm³/mol. The number of tetrazole rings is 1. The minimum absolute atomic E-state index is 0.148. The van der Waals surface area contributed by atoms with Crippen molar-refractivity contribution in [3.8, 4) is 11.5 Å². The molecule has 0 unspecified atom stereocenters. The molecule has 1 heterocycles. The summed E-state index contributed by atoms with van der Waals surface area (Å²) >= 11 is 12.5. The standard InChI is InChI=1S/C20H22Cl2FN5O2/c1-3-4-7-28-20(25-26-27-28)24-11-14-8-18(29-2)19(10-17(14)22)30-12-13-5-6-15(23)9-16(13)21/h5-6,8-10H,3-4,7,11-12H2,1-2H3,(H,24,25,27). The molecule has 0 aliphatic carbocycles. The number of unbranched alkanes of at least 4 members (excludes halogenated alkanes) is 1. The summed E-state index contributed by atoms with van der Waals surface area (Å²) in [7, 11) is 1.55. The molecule has 0 aliphatic rings. The fraction of sp³-hybridized carbons (Fsp3) is 0.350. The highest BCUT2D eigenvalue weighted by molar-refractivity contribution is 6.31. The number of ether oxygens (including phenoxy) is 2. The van der Waals surface area contributed by atoms with Gasteiger partial charge in [0.2, 0.25) is 5.95 Å². The molecule has 3 aromatic rings. The van der Waals surface area contributed by atoms with Crippen LogP contribution >= 0.6 is 23.2 Å². The van der Waals surface area contributed by atoms with E-state index in [4.69, 9.17) is 32.7 Å². The zero-order valence-electron chi connectivity index (χ0n) is 16.7. The van der Waals surface area contributed by atoms with Crippen molar-refractivity contribution in [1.82, 2.24) is 20.2 Å². The van der Waals surface area contributed by atoms with Crippen LogP contribution in [-0.4, -0.2) is 27.3 Å². The summed E-state index contributed by atoms with van der Waals surface area (Å²) in [5, 5.41) is 15.7. The second-order valence-electron chi connectivity index (χ2n) is 6.55. The molecule has 0 saturated heterocycles. The third-order valence-electron chi connectivity index (χ3n) is 4.42. The van der Waals surface area contributed by atoms with Gasteiger partial charge >= 0.3 is 0 Å². The van der Waals surface area contributed by atoms with Gasteiger partial charge in [-0.1, -0.05) is 47.7 Å². The Balaban J connectivity index is 1.70. The maximum atomic E-state index is 13.2. The second-order valence-corrected chi connectivity index (χ2v) is 7.37. The number of aromatic nitrogens is 4. The van der Waals surface area contributed by atoms with E-state index < -0.39 is 5.82 Å². The Kier molecular flexibility index (Phi) is 7.70. The number of halogens is 3. The van der Waals surface area contributed by atoms with Gasteiger partial charge in [0.25, 0.3) is 0 Å². The largest absolute Gasteiger partial charge is 0.493 e. The molecule has 2 aromatic carbocycles. The highest BCUT2D eigenvalue weighted by atomic mass is 35.5. The number of nitrogens with zero attached hydrogens (tertiary/aromatic N) is 4. The molecule has 30 heavy (non-hydrogen) atoms. The first-order valence-corrected chi connectivity index (χ1v) is 10.2. The minimum atomic E-state index is -0.401. The fourth-order valence-corrected chi connectivity index (χ4v) is 3.19. The lowest BCUT2D eigenvalue weighted by atomic mass is 10.2. The molecule has 10 heteroatoms. The number of benzene rings is 2. The zero-order valence-corrected chi connectivity index (χ0v) is 18.2. The van der Waals surface area contributed by atoms with Crippen molar-refractivity contribution < 1.29 is 13.9 Å². The van der Waals surface area contributed by atoms with E-state index in [1.807, 2.05) is 0 Å². The van der Waals surface area contributed by atoms with Crippen molar-refractivity contribution in [3.05, 3.63) is 57.3 Å². The van der Waals surface area contributed by atoms with Crippen LogP contribution in [0.4, 0.5) is 10.3 Å². The number of hydrogen-bond acceptors (Lipinski definition) is 6. The van der Waals surface area contributed by atoms with Crippen LogP contribution in [0.25, 0.3) is 0 Å². The van der Waals surface area contributed by atoms with E-state index in [-0.39, 0.29) is 6.61 Å². The maximum absolute atomic E-state index is 13.2. The number of anilines is 1. The molecule has 0 aliphatic heterocycles. The first-order valence-electron chi connectivity index (χ1n) is 9.45. The van der Waals surface area contributed by atoms with Gasteiger partial charge in [0, 0.05) is 29.7 Å². The first-order chi connectivity index (χ1) is 14.5. The predicted octanol–water partition coefficient (Wildman–Crippen LogP) is 5.12. The van der Waals surface area contributed by atoms with Crippen LogP contribution in [0.2, 0.25) is 10.0 Å². The van der Waals surface area contributed by atoms with Gasteiger partial charge in [0.15, 0.2) is 11.5 Å². The number of aryl methyl sites for hydroxylation is 1. The lowest BCUT2D eigenvalue weighted by Crippen LogP contribution is -2.09. The molecular formula is C20H22Cl2FN5O2. The van der Waals surface area contributed by atoms with Crippen molar-refractivity contribution in [1.29, 1.82) is 0 Å². The van der Waals surface area contributed by atoms with Crippen molar-refractivity contribution in [2.24, 2.45) is 0 Å². The number of rotatable bonds is 10. The van der Waals surface area contributed by atoms with E-state index in [1.54, 1.807) is 30.0 Å². The smallest absolute Gasteiger partial charge is 0.243 e. The Morgan fingerprint density at radius 3 is 2.63 bits per heavy atom. The van der Waals surface area contributed by atoms with Crippen molar-refractivity contribution in [2.45, 2.75) is 39.5 Å². The zero-order chi connectivity index (χ0) is 21.5. The van der Waals surface area contributed by atoms with Gasteiger partial charge in [-0.05, 0) is 40.6 Å². The fourth-order valence-electron chi connectivity index (χ4n) is 2.74. The Labute approximate surface area is 184 Å².